The Morgan fingerprint density at radius 2 is 1.85 bits per heavy atom. The summed E-state index contributed by atoms with van der Waals surface area (Å²) in [6.07, 6.45) is 6.34. The Labute approximate surface area is 157 Å². The highest BCUT2D eigenvalue weighted by atomic mass is 16.1. The lowest BCUT2D eigenvalue weighted by Crippen LogP contribution is -2.20. The smallest absolute Gasteiger partial charge is 0.234 e. The van der Waals surface area contributed by atoms with Crippen molar-refractivity contribution in [3.63, 3.8) is 0 Å². The van der Waals surface area contributed by atoms with Crippen molar-refractivity contribution in [2.45, 2.75) is 19.3 Å². The molecule has 2 heterocycles. The average Bonchev–Trinajstić information content (AvgIpc) is 3.14. The van der Waals surface area contributed by atoms with Crippen LogP contribution in [0, 0.1) is 0 Å². The van der Waals surface area contributed by atoms with Gasteiger partial charge in [0, 0.05) is 29.8 Å². The molecule has 0 unspecified atom stereocenters. The predicted molar refractivity (Wildman–Crippen MR) is 107 cm³/mol. The maximum Gasteiger partial charge on any atom is 0.234 e. The van der Waals surface area contributed by atoms with Crippen LogP contribution >= 0.6 is 0 Å². The number of hydrogen-bond acceptors (Lipinski definition) is 3. The molecule has 1 amide bonds. The maximum absolute atomic E-state index is 12.7. The molecule has 1 N–H and O–H groups in total. The molecule has 0 aliphatic rings. The van der Waals surface area contributed by atoms with Gasteiger partial charge in [-0.2, -0.15) is 0 Å². The minimum atomic E-state index is -0.157. The van der Waals surface area contributed by atoms with E-state index in [2.05, 4.69) is 15.3 Å². The molecule has 4 aromatic rings. The van der Waals surface area contributed by atoms with Crippen molar-refractivity contribution in [1.29, 1.82) is 0 Å². The standard InChI is InChI=1S/C22H20N4O/c1-2-19(16-7-4-3-5-8-16)21(27)24-18-11-9-17(10-12-18)20-15-26-14-6-13-23-22(26)25-20/h3-15,19H,2H2,1H3,(H,24,27)/t19-/m1/s1. The van der Waals surface area contributed by atoms with Gasteiger partial charge >= 0.3 is 0 Å². The first-order valence-electron chi connectivity index (χ1n) is 9.00. The van der Waals surface area contributed by atoms with Gasteiger partial charge in [-0.3, -0.25) is 9.20 Å². The Bertz CT molecular complexity index is 1020. The van der Waals surface area contributed by atoms with E-state index in [1.807, 2.05) is 84.4 Å². The van der Waals surface area contributed by atoms with E-state index < -0.39 is 0 Å². The van der Waals surface area contributed by atoms with Gasteiger partial charge in [0.15, 0.2) is 0 Å². The van der Waals surface area contributed by atoms with E-state index in [1.54, 1.807) is 6.20 Å². The second-order valence-corrected chi connectivity index (χ2v) is 6.39. The fourth-order valence-corrected chi connectivity index (χ4v) is 3.18. The quantitative estimate of drug-likeness (QED) is 0.571. The van der Waals surface area contributed by atoms with Crippen LogP contribution in [0.3, 0.4) is 0 Å². The highest BCUT2D eigenvalue weighted by Crippen LogP contribution is 2.24. The molecule has 134 valence electrons. The minimum Gasteiger partial charge on any atom is -0.326 e. The van der Waals surface area contributed by atoms with Crippen LogP contribution in [0.25, 0.3) is 17.0 Å². The van der Waals surface area contributed by atoms with E-state index in [-0.39, 0.29) is 11.8 Å². The summed E-state index contributed by atoms with van der Waals surface area (Å²) in [7, 11) is 0. The van der Waals surface area contributed by atoms with Crippen molar-refractivity contribution < 1.29 is 4.79 Å². The number of rotatable bonds is 5. The molecule has 5 heteroatoms. The van der Waals surface area contributed by atoms with E-state index in [0.29, 0.717) is 5.78 Å². The SMILES string of the molecule is CC[C@@H](C(=O)Nc1ccc(-c2cn3cccnc3n2)cc1)c1ccccc1. The Balaban J connectivity index is 1.51. The van der Waals surface area contributed by atoms with Crippen LogP contribution in [0.1, 0.15) is 24.8 Å². The molecule has 2 aromatic heterocycles. The summed E-state index contributed by atoms with van der Waals surface area (Å²) in [5.41, 5.74) is 3.64. The zero-order chi connectivity index (χ0) is 18.6. The summed E-state index contributed by atoms with van der Waals surface area (Å²) < 4.78 is 1.89. The second-order valence-electron chi connectivity index (χ2n) is 6.39. The van der Waals surface area contributed by atoms with Crippen LogP contribution in [0.4, 0.5) is 5.69 Å². The molecule has 4 rings (SSSR count). The third-order valence-corrected chi connectivity index (χ3v) is 4.61. The van der Waals surface area contributed by atoms with Crippen molar-refractivity contribution in [3.8, 4) is 11.3 Å². The number of aromatic nitrogens is 3. The molecule has 0 fully saturated rings. The monoisotopic (exact) mass is 356 g/mol. The Kier molecular flexibility index (Phi) is 4.66. The van der Waals surface area contributed by atoms with Gasteiger partial charge in [0.1, 0.15) is 0 Å². The van der Waals surface area contributed by atoms with E-state index in [0.717, 1.165) is 28.9 Å². The van der Waals surface area contributed by atoms with Gasteiger partial charge in [0.25, 0.3) is 0 Å². The third-order valence-electron chi connectivity index (χ3n) is 4.61. The second kappa shape index (κ2) is 7.41. The minimum absolute atomic E-state index is 0.00776. The number of carbonyl (C=O) groups is 1. The third kappa shape index (κ3) is 3.58. The number of imidazole rings is 1. The zero-order valence-electron chi connectivity index (χ0n) is 15.0. The van der Waals surface area contributed by atoms with Gasteiger partial charge in [-0.15, -0.1) is 0 Å². The number of nitrogens with one attached hydrogen (secondary N) is 1. The van der Waals surface area contributed by atoms with Gasteiger partial charge in [-0.25, -0.2) is 9.97 Å². The molecule has 0 saturated carbocycles. The molecule has 0 bridgehead atoms. The lowest BCUT2D eigenvalue weighted by atomic mass is 9.95. The zero-order valence-corrected chi connectivity index (χ0v) is 15.0. The number of nitrogens with zero attached hydrogens (tertiary/aromatic N) is 3. The number of fused-ring (bicyclic) bond motifs is 1. The first-order chi connectivity index (χ1) is 13.2. The molecule has 0 spiro atoms. The van der Waals surface area contributed by atoms with Gasteiger partial charge in [-0.1, -0.05) is 49.4 Å². The fourth-order valence-electron chi connectivity index (χ4n) is 3.18. The van der Waals surface area contributed by atoms with Crippen molar-refractivity contribution in [3.05, 3.63) is 84.8 Å². The first kappa shape index (κ1) is 17.0. The lowest BCUT2D eigenvalue weighted by molar-refractivity contribution is -0.117. The lowest BCUT2D eigenvalue weighted by Gasteiger charge is -2.15. The molecule has 2 aromatic carbocycles. The summed E-state index contributed by atoms with van der Waals surface area (Å²) in [6, 6.07) is 19.5. The molecular weight excluding hydrogens is 336 g/mol. The molecule has 5 nitrogen and oxygen atoms in total. The highest BCUT2D eigenvalue weighted by molar-refractivity contribution is 5.96. The molecular formula is C22H20N4O. The van der Waals surface area contributed by atoms with Gasteiger partial charge < -0.3 is 5.32 Å². The number of anilines is 1. The van der Waals surface area contributed by atoms with E-state index in [9.17, 15) is 4.79 Å². The number of amides is 1. The van der Waals surface area contributed by atoms with Gasteiger partial charge in [0.2, 0.25) is 11.7 Å². The van der Waals surface area contributed by atoms with E-state index in [1.165, 1.54) is 0 Å². The maximum atomic E-state index is 12.7. The normalized spacial score (nSPS) is 12.0. The summed E-state index contributed by atoms with van der Waals surface area (Å²) in [5.74, 6) is 0.516. The molecule has 1 atom stereocenters. The molecule has 0 saturated heterocycles. The number of hydrogen-bond donors (Lipinski definition) is 1. The highest BCUT2D eigenvalue weighted by Gasteiger charge is 2.18. The van der Waals surface area contributed by atoms with Gasteiger partial charge in [-0.05, 0) is 30.2 Å². The molecule has 0 aliphatic heterocycles. The van der Waals surface area contributed by atoms with Crippen molar-refractivity contribution in [2.75, 3.05) is 5.32 Å². The van der Waals surface area contributed by atoms with Crippen LogP contribution in [0.2, 0.25) is 0 Å². The molecule has 27 heavy (non-hydrogen) atoms. The Morgan fingerprint density at radius 3 is 2.56 bits per heavy atom. The summed E-state index contributed by atoms with van der Waals surface area (Å²) in [6.45, 7) is 2.03. The van der Waals surface area contributed by atoms with Crippen molar-refractivity contribution in [2.24, 2.45) is 0 Å². The summed E-state index contributed by atoms with van der Waals surface area (Å²) in [5, 5.41) is 3.02. The van der Waals surface area contributed by atoms with E-state index >= 15 is 0 Å². The topological polar surface area (TPSA) is 59.3 Å². The fraction of sp³-hybridized carbons (Fsp3) is 0.136. The van der Waals surface area contributed by atoms with Crippen LogP contribution in [-0.4, -0.2) is 20.3 Å². The van der Waals surface area contributed by atoms with Crippen LogP contribution in [0.15, 0.2) is 79.3 Å². The molecule has 0 radical (unpaired) electrons. The van der Waals surface area contributed by atoms with Crippen LogP contribution in [-0.2, 0) is 4.79 Å². The summed E-state index contributed by atoms with van der Waals surface area (Å²) in [4.78, 5) is 21.4. The molecule has 0 aliphatic carbocycles. The van der Waals surface area contributed by atoms with Crippen LogP contribution in [0.5, 0.6) is 0 Å². The predicted octanol–water partition coefficient (Wildman–Crippen LogP) is 4.53. The summed E-state index contributed by atoms with van der Waals surface area (Å²) >= 11 is 0. The van der Waals surface area contributed by atoms with Crippen molar-refractivity contribution >= 4 is 17.4 Å². The van der Waals surface area contributed by atoms with E-state index in [4.69, 9.17) is 0 Å². The van der Waals surface area contributed by atoms with Crippen molar-refractivity contribution in [1.82, 2.24) is 14.4 Å². The number of benzene rings is 2. The Morgan fingerprint density at radius 1 is 1.07 bits per heavy atom. The number of carbonyl (C=O) groups excluding carboxylic acids is 1. The first-order valence-corrected chi connectivity index (χ1v) is 9.00. The Hall–Kier alpha value is -3.47. The van der Waals surface area contributed by atoms with Crippen LogP contribution < -0.4 is 5.32 Å². The average molecular weight is 356 g/mol. The van der Waals surface area contributed by atoms with Gasteiger partial charge in [0.05, 0.1) is 11.6 Å². The largest absolute Gasteiger partial charge is 0.326 e.